The van der Waals surface area contributed by atoms with Crippen molar-refractivity contribution in [2.75, 3.05) is 19.3 Å². The van der Waals surface area contributed by atoms with Crippen molar-refractivity contribution in [3.05, 3.63) is 29.8 Å². The molecule has 1 aromatic rings. The van der Waals surface area contributed by atoms with Crippen LogP contribution in [0.1, 0.15) is 76.7 Å². The second-order valence-corrected chi connectivity index (χ2v) is 6.66. The van der Waals surface area contributed by atoms with E-state index in [9.17, 15) is 0 Å². The number of nitrogens with two attached hydrogens (primary N) is 1. The summed E-state index contributed by atoms with van der Waals surface area (Å²) in [4.78, 5) is 2.41. The number of nitrogen functional groups attached to an aromatic ring is 1. The Morgan fingerprint density at radius 1 is 0.773 bits per heavy atom. The molecule has 0 aliphatic carbocycles. The number of benzene rings is 1. The van der Waals surface area contributed by atoms with Crippen LogP contribution in [0.5, 0.6) is 0 Å². The zero-order chi connectivity index (χ0) is 16.0. The van der Waals surface area contributed by atoms with Crippen LogP contribution >= 0.6 is 0 Å². The lowest BCUT2D eigenvalue weighted by molar-refractivity contribution is 0.316. The Kier molecular flexibility index (Phi) is 10.8. The van der Waals surface area contributed by atoms with Crippen molar-refractivity contribution < 1.29 is 0 Å². The number of hydrogen-bond acceptors (Lipinski definition) is 2. The van der Waals surface area contributed by atoms with Gasteiger partial charge in [-0.1, -0.05) is 76.8 Å². The first-order valence-corrected chi connectivity index (χ1v) is 9.25. The van der Waals surface area contributed by atoms with Gasteiger partial charge < -0.3 is 10.6 Å². The van der Waals surface area contributed by atoms with E-state index in [0.29, 0.717) is 0 Å². The average Bonchev–Trinajstić information content (AvgIpc) is 2.51. The smallest absolute Gasteiger partial charge is 0.0314 e. The molecule has 2 heteroatoms. The van der Waals surface area contributed by atoms with Crippen LogP contribution < -0.4 is 5.73 Å². The van der Waals surface area contributed by atoms with Gasteiger partial charge in [-0.15, -0.1) is 0 Å². The van der Waals surface area contributed by atoms with E-state index in [2.05, 4.69) is 31.0 Å². The monoisotopic (exact) mass is 304 g/mol. The van der Waals surface area contributed by atoms with Gasteiger partial charge in [-0.05, 0) is 37.7 Å². The molecule has 0 aliphatic heterocycles. The zero-order valence-electron chi connectivity index (χ0n) is 14.8. The highest BCUT2D eigenvalue weighted by molar-refractivity contribution is 5.39. The number of hydrogen-bond donors (Lipinski definition) is 1. The summed E-state index contributed by atoms with van der Waals surface area (Å²) in [5, 5.41) is 0. The molecule has 2 N–H and O–H groups in total. The van der Waals surface area contributed by atoms with Crippen LogP contribution in [0.15, 0.2) is 24.3 Å². The van der Waals surface area contributed by atoms with Gasteiger partial charge in [0.2, 0.25) is 0 Å². The van der Waals surface area contributed by atoms with Crippen LogP contribution in [0.2, 0.25) is 0 Å². The Balaban J connectivity index is 1.92. The maximum absolute atomic E-state index is 5.72. The Labute approximate surface area is 138 Å². The molecule has 22 heavy (non-hydrogen) atoms. The minimum atomic E-state index is 0.848. The van der Waals surface area contributed by atoms with Crippen molar-refractivity contribution in [3.8, 4) is 0 Å². The molecule has 0 unspecified atom stereocenters. The molecule has 1 aromatic carbocycles. The van der Waals surface area contributed by atoms with E-state index in [1.165, 1.54) is 76.3 Å². The molecule has 0 radical (unpaired) electrons. The fourth-order valence-electron chi connectivity index (χ4n) is 2.88. The molecule has 0 bridgehead atoms. The predicted octanol–water partition coefficient (Wildman–Crippen LogP) is 5.62. The largest absolute Gasteiger partial charge is 0.399 e. The third-order valence-electron chi connectivity index (χ3n) is 4.33. The normalized spacial score (nSPS) is 11.2. The van der Waals surface area contributed by atoms with Crippen molar-refractivity contribution in [2.24, 2.45) is 0 Å². The van der Waals surface area contributed by atoms with E-state index in [4.69, 9.17) is 5.73 Å². The van der Waals surface area contributed by atoms with Crippen LogP contribution in [-0.4, -0.2) is 18.5 Å². The molecule has 0 amide bonds. The first kappa shape index (κ1) is 19.0. The molecule has 1 rings (SSSR count). The number of nitrogens with zero attached hydrogens (tertiary/aromatic N) is 1. The van der Waals surface area contributed by atoms with Gasteiger partial charge >= 0.3 is 0 Å². The summed E-state index contributed by atoms with van der Waals surface area (Å²) >= 11 is 0. The van der Waals surface area contributed by atoms with E-state index in [1.54, 1.807) is 0 Å². The maximum Gasteiger partial charge on any atom is 0.0314 e. The Bertz CT molecular complexity index is 358. The van der Waals surface area contributed by atoms with Gasteiger partial charge in [0, 0.05) is 12.2 Å². The maximum atomic E-state index is 5.72. The van der Waals surface area contributed by atoms with E-state index in [1.807, 2.05) is 12.1 Å². The summed E-state index contributed by atoms with van der Waals surface area (Å²) in [6, 6.07) is 8.24. The van der Waals surface area contributed by atoms with Gasteiger partial charge in [-0.3, -0.25) is 0 Å². The van der Waals surface area contributed by atoms with Crippen molar-refractivity contribution in [1.29, 1.82) is 0 Å². The van der Waals surface area contributed by atoms with Crippen LogP contribution in [0, 0.1) is 0 Å². The lowest BCUT2D eigenvalue weighted by Crippen LogP contribution is -2.19. The Morgan fingerprint density at radius 3 is 1.82 bits per heavy atom. The topological polar surface area (TPSA) is 29.3 Å². The molecule has 2 nitrogen and oxygen atoms in total. The second kappa shape index (κ2) is 12.5. The minimum absolute atomic E-state index is 0.848. The number of anilines is 1. The quantitative estimate of drug-likeness (QED) is 0.378. The molecule has 0 spiro atoms. The van der Waals surface area contributed by atoms with Gasteiger partial charge in [-0.25, -0.2) is 0 Å². The average molecular weight is 305 g/mol. The van der Waals surface area contributed by atoms with Crippen LogP contribution in [-0.2, 0) is 6.54 Å². The summed E-state index contributed by atoms with van der Waals surface area (Å²) in [6.07, 6.45) is 14.1. The summed E-state index contributed by atoms with van der Waals surface area (Å²) < 4.78 is 0. The minimum Gasteiger partial charge on any atom is -0.399 e. The molecule has 0 saturated heterocycles. The summed E-state index contributed by atoms with van der Waals surface area (Å²) in [5.41, 5.74) is 7.91. The molecule has 0 fully saturated rings. The van der Waals surface area contributed by atoms with Crippen molar-refractivity contribution in [3.63, 3.8) is 0 Å². The molecule has 0 aromatic heterocycles. The van der Waals surface area contributed by atoms with Gasteiger partial charge in [0.15, 0.2) is 0 Å². The fourth-order valence-corrected chi connectivity index (χ4v) is 2.88. The van der Waals surface area contributed by atoms with Crippen molar-refractivity contribution in [1.82, 2.24) is 4.90 Å². The SMILES string of the molecule is CCCCCCCCCCCCN(C)Cc1ccc(N)cc1. The van der Waals surface area contributed by atoms with Gasteiger partial charge in [0.1, 0.15) is 0 Å². The zero-order valence-corrected chi connectivity index (χ0v) is 14.8. The van der Waals surface area contributed by atoms with E-state index < -0.39 is 0 Å². The van der Waals surface area contributed by atoms with Crippen molar-refractivity contribution in [2.45, 2.75) is 77.7 Å². The predicted molar refractivity (Wildman–Crippen MR) is 99.0 cm³/mol. The first-order chi connectivity index (χ1) is 10.7. The van der Waals surface area contributed by atoms with Gasteiger partial charge in [-0.2, -0.15) is 0 Å². The summed E-state index contributed by atoms with van der Waals surface area (Å²) in [5.74, 6) is 0. The third kappa shape index (κ3) is 9.83. The number of rotatable bonds is 13. The summed E-state index contributed by atoms with van der Waals surface area (Å²) in [7, 11) is 2.21. The van der Waals surface area contributed by atoms with Crippen molar-refractivity contribution >= 4 is 5.69 Å². The standard InChI is InChI=1S/C20H36N2/c1-3-4-5-6-7-8-9-10-11-12-17-22(2)18-19-13-15-20(21)16-14-19/h13-16H,3-12,17-18,21H2,1-2H3. The third-order valence-corrected chi connectivity index (χ3v) is 4.33. The Hall–Kier alpha value is -1.02. The number of unbranched alkanes of at least 4 members (excludes halogenated alkanes) is 9. The summed E-state index contributed by atoms with van der Waals surface area (Å²) in [6.45, 7) is 4.50. The fraction of sp³-hybridized carbons (Fsp3) is 0.700. The van der Waals surface area contributed by atoms with Gasteiger partial charge in [0.25, 0.3) is 0 Å². The van der Waals surface area contributed by atoms with E-state index >= 15 is 0 Å². The highest BCUT2D eigenvalue weighted by Gasteiger charge is 2.00. The molecule has 0 heterocycles. The van der Waals surface area contributed by atoms with Crippen LogP contribution in [0.3, 0.4) is 0 Å². The highest BCUT2D eigenvalue weighted by atomic mass is 15.1. The first-order valence-electron chi connectivity index (χ1n) is 9.25. The molecular weight excluding hydrogens is 268 g/mol. The van der Waals surface area contributed by atoms with E-state index in [-0.39, 0.29) is 0 Å². The molecule has 0 atom stereocenters. The second-order valence-electron chi connectivity index (χ2n) is 6.66. The molecular formula is C20H36N2. The van der Waals surface area contributed by atoms with E-state index in [0.717, 1.165) is 12.2 Å². The lowest BCUT2D eigenvalue weighted by Gasteiger charge is -2.16. The van der Waals surface area contributed by atoms with Crippen LogP contribution in [0.25, 0.3) is 0 Å². The molecule has 0 saturated carbocycles. The highest BCUT2D eigenvalue weighted by Crippen LogP contribution is 2.12. The molecule has 0 aliphatic rings. The Morgan fingerprint density at radius 2 is 1.27 bits per heavy atom. The van der Waals surface area contributed by atoms with Gasteiger partial charge in [0.05, 0.1) is 0 Å². The lowest BCUT2D eigenvalue weighted by atomic mass is 10.1. The van der Waals surface area contributed by atoms with Crippen LogP contribution in [0.4, 0.5) is 5.69 Å². The molecule has 126 valence electrons.